The Morgan fingerprint density at radius 3 is 2.27 bits per heavy atom. The normalized spacial score (nSPS) is 11.0. The molecular formula is C17H23N5O3S. The minimum atomic E-state index is -3.81. The van der Waals surface area contributed by atoms with Gasteiger partial charge in [-0.3, -0.25) is 0 Å². The van der Waals surface area contributed by atoms with E-state index in [1.165, 1.54) is 24.3 Å². The van der Waals surface area contributed by atoms with E-state index < -0.39 is 10.0 Å². The molecule has 0 atom stereocenters. The fourth-order valence-corrected chi connectivity index (χ4v) is 3.17. The summed E-state index contributed by atoms with van der Waals surface area (Å²) in [6.07, 6.45) is 1.89. The van der Waals surface area contributed by atoms with Crippen molar-refractivity contribution in [3.05, 3.63) is 41.7 Å². The minimum absolute atomic E-state index is 0.0278. The zero-order valence-electron chi connectivity index (χ0n) is 15.0. The fraction of sp³-hybridized carbons (Fsp3) is 0.353. The second kappa shape index (κ2) is 8.61. The second-order valence-electron chi connectivity index (χ2n) is 5.84. The van der Waals surface area contributed by atoms with Crippen LogP contribution in [0.1, 0.15) is 31.2 Å². The molecule has 0 aliphatic heterocycles. The molecule has 0 bridgehead atoms. The number of rotatable bonds is 7. The number of urea groups is 1. The van der Waals surface area contributed by atoms with E-state index in [1.807, 2.05) is 6.92 Å². The molecule has 0 saturated carbocycles. The van der Waals surface area contributed by atoms with E-state index >= 15 is 0 Å². The SMILES string of the molecule is CCCCNC(=O)Nc1ccc(S(=O)(=O)Nc2nc(C)cc(C)n2)cc1. The number of sulfonamides is 1. The predicted molar refractivity (Wildman–Crippen MR) is 101 cm³/mol. The lowest BCUT2D eigenvalue weighted by Gasteiger charge is -2.10. The standard InChI is InChI=1S/C17H23N5O3S/c1-4-5-10-18-17(23)21-14-6-8-15(9-7-14)26(24,25)22-16-19-12(2)11-13(3)20-16/h6-9,11H,4-5,10H2,1-3H3,(H2,18,21,23)(H,19,20,22). The van der Waals surface area contributed by atoms with Crippen molar-refractivity contribution >= 4 is 27.7 Å². The molecule has 26 heavy (non-hydrogen) atoms. The van der Waals surface area contributed by atoms with E-state index in [-0.39, 0.29) is 16.9 Å². The number of anilines is 2. The Hall–Kier alpha value is -2.68. The first kappa shape index (κ1) is 19.6. The first-order valence-corrected chi connectivity index (χ1v) is 9.78. The number of nitrogens with one attached hydrogen (secondary N) is 3. The topological polar surface area (TPSA) is 113 Å². The van der Waals surface area contributed by atoms with Crippen LogP contribution in [-0.4, -0.2) is 31.0 Å². The summed E-state index contributed by atoms with van der Waals surface area (Å²) in [5.74, 6) is 0.0278. The van der Waals surface area contributed by atoms with Crippen molar-refractivity contribution in [2.24, 2.45) is 0 Å². The molecule has 9 heteroatoms. The molecule has 140 valence electrons. The average Bonchev–Trinajstić information content (AvgIpc) is 2.54. The third-order valence-corrected chi connectivity index (χ3v) is 4.79. The summed E-state index contributed by atoms with van der Waals surface area (Å²) < 4.78 is 27.2. The summed E-state index contributed by atoms with van der Waals surface area (Å²) in [6, 6.07) is 7.30. The van der Waals surface area contributed by atoms with E-state index in [1.54, 1.807) is 19.9 Å². The predicted octanol–water partition coefficient (Wildman–Crippen LogP) is 2.82. The molecule has 1 aromatic heterocycles. The first-order valence-electron chi connectivity index (χ1n) is 8.30. The highest BCUT2D eigenvalue weighted by Gasteiger charge is 2.16. The molecule has 0 aliphatic carbocycles. The minimum Gasteiger partial charge on any atom is -0.338 e. The number of unbranched alkanes of at least 4 members (excludes halogenated alkanes) is 1. The maximum absolute atomic E-state index is 12.4. The summed E-state index contributed by atoms with van der Waals surface area (Å²) in [6.45, 7) is 6.15. The Morgan fingerprint density at radius 2 is 1.69 bits per heavy atom. The molecule has 1 aromatic carbocycles. The lowest BCUT2D eigenvalue weighted by Crippen LogP contribution is -2.29. The van der Waals surface area contributed by atoms with Gasteiger partial charge in [0.25, 0.3) is 10.0 Å². The molecule has 0 radical (unpaired) electrons. The van der Waals surface area contributed by atoms with Crippen molar-refractivity contribution in [3.63, 3.8) is 0 Å². The van der Waals surface area contributed by atoms with Crippen molar-refractivity contribution in [3.8, 4) is 0 Å². The number of benzene rings is 1. The molecule has 3 N–H and O–H groups in total. The van der Waals surface area contributed by atoms with E-state index in [4.69, 9.17) is 0 Å². The zero-order valence-corrected chi connectivity index (χ0v) is 15.9. The number of hydrogen-bond donors (Lipinski definition) is 3. The molecule has 0 unspecified atom stereocenters. The van der Waals surface area contributed by atoms with Gasteiger partial charge < -0.3 is 10.6 Å². The van der Waals surface area contributed by atoms with Gasteiger partial charge in [0.2, 0.25) is 5.95 Å². The fourth-order valence-electron chi connectivity index (χ4n) is 2.22. The van der Waals surface area contributed by atoms with Gasteiger partial charge in [0.1, 0.15) is 0 Å². The van der Waals surface area contributed by atoms with E-state index in [2.05, 4.69) is 25.3 Å². The number of hydrogen-bond acceptors (Lipinski definition) is 5. The van der Waals surface area contributed by atoms with Crippen LogP contribution in [0.2, 0.25) is 0 Å². The van der Waals surface area contributed by atoms with Crippen LogP contribution in [0.4, 0.5) is 16.4 Å². The summed E-state index contributed by atoms with van der Waals surface area (Å²) in [5.41, 5.74) is 1.84. The zero-order chi connectivity index (χ0) is 19.2. The maximum Gasteiger partial charge on any atom is 0.319 e. The smallest absolute Gasteiger partial charge is 0.319 e. The molecule has 0 aliphatic rings. The Labute approximate surface area is 153 Å². The molecule has 2 amide bonds. The van der Waals surface area contributed by atoms with E-state index in [0.717, 1.165) is 12.8 Å². The average molecular weight is 377 g/mol. The lowest BCUT2D eigenvalue weighted by molar-refractivity contribution is 0.252. The van der Waals surface area contributed by atoms with Crippen LogP contribution in [0.15, 0.2) is 35.2 Å². The molecule has 1 heterocycles. The molecule has 0 fully saturated rings. The highest BCUT2D eigenvalue weighted by molar-refractivity contribution is 7.92. The van der Waals surface area contributed by atoms with Crippen molar-refractivity contribution in [1.29, 1.82) is 0 Å². The third kappa shape index (κ3) is 5.69. The Kier molecular flexibility index (Phi) is 6.51. The summed E-state index contributed by atoms with van der Waals surface area (Å²) >= 11 is 0. The van der Waals surface area contributed by atoms with E-state index in [0.29, 0.717) is 23.6 Å². The largest absolute Gasteiger partial charge is 0.338 e. The molecule has 2 aromatic rings. The van der Waals surface area contributed by atoms with Gasteiger partial charge in [-0.2, -0.15) is 0 Å². The highest BCUT2D eigenvalue weighted by Crippen LogP contribution is 2.17. The molecule has 2 rings (SSSR count). The van der Waals surface area contributed by atoms with Gasteiger partial charge >= 0.3 is 6.03 Å². The Morgan fingerprint density at radius 1 is 1.08 bits per heavy atom. The molecule has 8 nitrogen and oxygen atoms in total. The highest BCUT2D eigenvalue weighted by atomic mass is 32.2. The van der Waals surface area contributed by atoms with Gasteiger partial charge in [-0.25, -0.2) is 27.9 Å². The molecule has 0 spiro atoms. The number of amides is 2. The van der Waals surface area contributed by atoms with Crippen LogP contribution in [0.3, 0.4) is 0 Å². The van der Waals surface area contributed by atoms with Gasteiger partial charge in [-0.1, -0.05) is 13.3 Å². The monoisotopic (exact) mass is 377 g/mol. The number of aromatic nitrogens is 2. The van der Waals surface area contributed by atoms with Gasteiger partial charge in [0.15, 0.2) is 0 Å². The van der Waals surface area contributed by atoms with Crippen LogP contribution < -0.4 is 15.4 Å². The summed E-state index contributed by atoms with van der Waals surface area (Å²) in [7, 11) is -3.81. The van der Waals surface area contributed by atoms with Crippen LogP contribution in [0.25, 0.3) is 0 Å². The van der Waals surface area contributed by atoms with Crippen molar-refractivity contribution in [1.82, 2.24) is 15.3 Å². The quantitative estimate of drug-likeness (QED) is 0.642. The summed E-state index contributed by atoms with van der Waals surface area (Å²) in [4.78, 5) is 19.9. The van der Waals surface area contributed by atoms with Gasteiger partial charge in [-0.05, 0) is 50.6 Å². The second-order valence-corrected chi connectivity index (χ2v) is 7.52. The Balaban J connectivity index is 2.05. The van der Waals surface area contributed by atoms with Crippen LogP contribution in [-0.2, 0) is 10.0 Å². The molecule has 0 saturated heterocycles. The third-order valence-electron chi connectivity index (χ3n) is 3.45. The van der Waals surface area contributed by atoms with Crippen molar-refractivity contribution in [2.45, 2.75) is 38.5 Å². The van der Waals surface area contributed by atoms with Crippen LogP contribution in [0.5, 0.6) is 0 Å². The first-order chi connectivity index (χ1) is 12.3. The van der Waals surface area contributed by atoms with Gasteiger partial charge in [0, 0.05) is 23.6 Å². The summed E-state index contributed by atoms with van der Waals surface area (Å²) in [5, 5.41) is 5.38. The van der Waals surface area contributed by atoms with Gasteiger partial charge in [-0.15, -0.1) is 0 Å². The van der Waals surface area contributed by atoms with Gasteiger partial charge in [0.05, 0.1) is 4.90 Å². The number of carbonyl (C=O) groups excluding carboxylic acids is 1. The number of nitrogens with zero attached hydrogens (tertiary/aromatic N) is 2. The van der Waals surface area contributed by atoms with Crippen LogP contribution >= 0.6 is 0 Å². The van der Waals surface area contributed by atoms with Crippen molar-refractivity contribution < 1.29 is 13.2 Å². The maximum atomic E-state index is 12.4. The van der Waals surface area contributed by atoms with E-state index in [9.17, 15) is 13.2 Å². The number of carbonyl (C=O) groups is 1. The Bertz CT molecular complexity index is 846. The molecular weight excluding hydrogens is 354 g/mol. The number of aryl methyl sites for hydroxylation is 2. The lowest BCUT2D eigenvalue weighted by atomic mass is 10.3. The van der Waals surface area contributed by atoms with Crippen LogP contribution in [0, 0.1) is 13.8 Å². The van der Waals surface area contributed by atoms with Crippen molar-refractivity contribution in [2.75, 3.05) is 16.6 Å².